The Kier molecular flexibility index (Phi) is 4.40. The van der Waals surface area contributed by atoms with Gasteiger partial charge in [0, 0.05) is 12.6 Å². The molecule has 0 fully saturated rings. The lowest BCUT2D eigenvalue weighted by Gasteiger charge is -2.05. The monoisotopic (exact) mass is 210 g/mol. The number of hydrogen-bond donors (Lipinski definition) is 1. The molecule has 0 atom stereocenters. The zero-order chi connectivity index (χ0) is 11.1. The number of hydrogen-bond acceptors (Lipinski definition) is 4. The van der Waals surface area contributed by atoms with E-state index in [0.717, 1.165) is 0 Å². The van der Waals surface area contributed by atoms with E-state index >= 15 is 0 Å². The van der Waals surface area contributed by atoms with Crippen LogP contribution >= 0.6 is 0 Å². The van der Waals surface area contributed by atoms with Crippen molar-refractivity contribution >= 4 is 5.97 Å². The van der Waals surface area contributed by atoms with Gasteiger partial charge < -0.3 is 14.6 Å². The maximum absolute atomic E-state index is 10.2. The first-order chi connectivity index (χ1) is 7.22. The Balaban J connectivity index is 2.33. The van der Waals surface area contributed by atoms with Gasteiger partial charge in [-0.3, -0.25) is 4.79 Å². The second kappa shape index (κ2) is 5.85. The third-order valence-electron chi connectivity index (χ3n) is 1.63. The van der Waals surface area contributed by atoms with Crippen LogP contribution in [0.25, 0.3) is 0 Å². The van der Waals surface area contributed by atoms with Gasteiger partial charge in [-0.1, -0.05) is 0 Å². The van der Waals surface area contributed by atoms with Crippen molar-refractivity contribution in [2.24, 2.45) is 0 Å². The average Bonchev–Trinajstić information content (AvgIpc) is 2.24. The van der Waals surface area contributed by atoms with Crippen LogP contribution in [0.1, 0.15) is 12.8 Å². The van der Waals surface area contributed by atoms with Crippen molar-refractivity contribution in [1.82, 2.24) is 4.98 Å². The molecule has 0 aromatic carbocycles. The Labute approximate surface area is 87.7 Å². The van der Waals surface area contributed by atoms with Gasteiger partial charge in [0.25, 0.3) is 0 Å². The first-order valence-corrected chi connectivity index (χ1v) is 4.49. The molecule has 5 heteroatoms. The van der Waals surface area contributed by atoms with E-state index < -0.39 is 5.97 Å². The molecule has 0 spiro atoms. The molecule has 1 radical (unpaired) electrons. The van der Waals surface area contributed by atoms with Crippen LogP contribution in [0.2, 0.25) is 0 Å². The van der Waals surface area contributed by atoms with Crippen molar-refractivity contribution in [3.05, 3.63) is 18.3 Å². The fraction of sp³-hybridized carbons (Fsp3) is 0.400. The standard InChI is InChI=1S/C10H12NO4/c1-14-9-7-8(4-5-11-9)15-6-2-3-10(12)13/h4-5H,2-3,6H2,1H3,(H,12,13). The molecule has 0 amide bonds. The number of carbonyl (C=O) groups is 1. The molecule has 1 rings (SSSR count). The number of carboxylic acids is 1. The third-order valence-corrected chi connectivity index (χ3v) is 1.63. The van der Waals surface area contributed by atoms with Crippen LogP contribution in [0.15, 0.2) is 12.3 Å². The summed E-state index contributed by atoms with van der Waals surface area (Å²) in [6, 6.07) is 4.42. The van der Waals surface area contributed by atoms with Crippen molar-refractivity contribution in [2.45, 2.75) is 12.8 Å². The summed E-state index contributed by atoms with van der Waals surface area (Å²) in [6.45, 7) is 0.343. The van der Waals surface area contributed by atoms with Gasteiger partial charge in [0.15, 0.2) is 0 Å². The van der Waals surface area contributed by atoms with Gasteiger partial charge in [-0.05, 0) is 12.5 Å². The number of pyridine rings is 1. The number of ether oxygens (including phenoxy) is 2. The van der Waals surface area contributed by atoms with Crippen molar-refractivity contribution < 1.29 is 19.4 Å². The van der Waals surface area contributed by atoms with Crippen LogP contribution in [-0.4, -0.2) is 29.8 Å². The normalized spacial score (nSPS) is 9.67. The summed E-state index contributed by atoms with van der Waals surface area (Å²) in [6.07, 6.45) is 2.11. The number of aromatic nitrogens is 1. The van der Waals surface area contributed by atoms with Gasteiger partial charge in [-0.2, -0.15) is 0 Å². The van der Waals surface area contributed by atoms with Crippen LogP contribution in [-0.2, 0) is 4.79 Å². The summed E-state index contributed by atoms with van der Waals surface area (Å²) >= 11 is 0. The molecule has 1 N–H and O–H groups in total. The molecule has 0 aliphatic carbocycles. The summed E-state index contributed by atoms with van der Waals surface area (Å²) in [5.41, 5.74) is 0. The fourth-order valence-corrected chi connectivity index (χ4v) is 0.945. The van der Waals surface area contributed by atoms with Gasteiger partial charge in [0.2, 0.25) is 5.88 Å². The Hall–Kier alpha value is -1.78. The molecular weight excluding hydrogens is 198 g/mol. The fourth-order valence-electron chi connectivity index (χ4n) is 0.945. The minimum atomic E-state index is -0.824. The second-order valence-corrected chi connectivity index (χ2v) is 2.79. The van der Waals surface area contributed by atoms with E-state index in [2.05, 4.69) is 11.1 Å². The topological polar surface area (TPSA) is 68.7 Å². The highest BCUT2D eigenvalue weighted by atomic mass is 16.5. The number of nitrogens with zero attached hydrogens (tertiary/aromatic N) is 1. The van der Waals surface area contributed by atoms with E-state index in [4.69, 9.17) is 14.6 Å². The van der Waals surface area contributed by atoms with Gasteiger partial charge in [0.1, 0.15) is 5.75 Å². The van der Waals surface area contributed by atoms with Crippen LogP contribution in [0, 0.1) is 6.07 Å². The lowest BCUT2D eigenvalue weighted by Crippen LogP contribution is -2.02. The number of rotatable bonds is 6. The summed E-state index contributed by atoms with van der Waals surface area (Å²) in [4.78, 5) is 14.1. The molecule has 0 unspecified atom stereocenters. The molecule has 15 heavy (non-hydrogen) atoms. The summed E-state index contributed by atoms with van der Waals surface area (Å²) in [5, 5.41) is 8.40. The molecule has 0 saturated heterocycles. The zero-order valence-corrected chi connectivity index (χ0v) is 8.40. The molecule has 0 aliphatic heterocycles. The summed E-state index contributed by atoms with van der Waals surface area (Å²) in [5.74, 6) is 0.0351. The molecule has 1 aromatic rings. The SMILES string of the molecule is COc1[c]c(OCCCC(=O)O)ccn1. The van der Waals surface area contributed by atoms with E-state index in [1.807, 2.05) is 0 Å². The Morgan fingerprint density at radius 3 is 3.13 bits per heavy atom. The lowest BCUT2D eigenvalue weighted by molar-refractivity contribution is -0.137. The maximum Gasteiger partial charge on any atom is 0.303 e. The van der Waals surface area contributed by atoms with Crippen LogP contribution < -0.4 is 9.47 Å². The molecule has 0 saturated carbocycles. The Morgan fingerprint density at radius 2 is 2.47 bits per heavy atom. The molecule has 5 nitrogen and oxygen atoms in total. The first kappa shape index (κ1) is 11.3. The highest BCUT2D eigenvalue weighted by molar-refractivity contribution is 5.66. The van der Waals surface area contributed by atoms with Crippen molar-refractivity contribution in [3.63, 3.8) is 0 Å². The highest BCUT2D eigenvalue weighted by Gasteiger charge is 2.00. The predicted octanol–water partition coefficient (Wildman–Crippen LogP) is 1.13. The molecule has 1 aromatic heterocycles. The van der Waals surface area contributed by atoms with Crippen LogP contribution in [0.4, 0.5) is 0 Å². The van der Waals surface area contributed by atoms with E-state index in [-0.39, 0.29) is 6.42 Å². The van der Waals surface area contributed by atoms with Crippen molar-refractivity contribution in [3.8, 4) is 11.6 Å². The molecule has 0 bridgehead atoms. The van der Waals surface area contributed by atoms with E-state index in [9.17, 15) is 4.79 Å². The molecule has 0 aliphatic rings. The molecular formula is C10H12NO4. The number of aliphatic carboxylic acids is 1. The average molecular weight is 210 g/mol. The molecule has 81 valence electrons. The second-order valence-electron chi connectivity index (χ2n) is 2.79. The van der Waals surface area contributed by atoms with Crippen LogP contribution in [0.3, 0.4) is 0 Å². The summed E-state index contributed by atoms with van der Waals surface area (Å²) < 4.78 is 10.1. The first-order valence-electron chi connectivity index (χ1n) is 4.49. The number of carboxylic acid groups (broad SMARTS) is 1. The largest absolute Gasteiger partial charge is 0.493 e. The van der Waals surface area contributed by atoms with Gasteiger partial charge in [0.05, 0.1) is 19.8 Å². The van der Waals surface area contributed by atoms with Gasteiger partial charge >= 0.3 is 5.97 Å². The zero-order valence-electron chi connectivity index (χ0n) is 8.40. The van der Waals surface area contributed by atoms with Crippen LogP contribution in [0.5, 0.6) is 11.6 Å². The quantitative estimate of drug-likeness (QED) is 0.713. The molecule has 1 heterocycles. The number of methoxy groups -OCH3 is 1. The maximum atomic E-state index is 10.2. The predicted molar refractivity (Wildman–Crippen MR) is 52.0 cm³/mol. The van der Waals surface area contributed by atoms with E-state index in [1.165, 1.54) is 7.11 Å². The van der Waals surface area contributed by atoms with Crippen molar-refractivity contribution in [2.75, 3.05) is 13.7 Å². The Morgan fingerprint density at radius 1 is 1.67 bits per heavy atom. The lowest BCUT2D eigenvalue weighted by atomic mass is 10.3. The third kappa shape index (κ3) is 4.30. The minimum absolute atomic E-state index is 0.0994. The van der Waals surface area contributed by atoms with Crippen molar-refractivity contribution in [1.29, 1.82) is 0 Å². The highest BCUT2D eigenvalue weighted by Crippen LogP contribution is 2.14. The van der Waals surface area contributed by atoms with E-state index in [0.29, 0.717) is 24.7 Å². The summed E-state index contributed by atoms with van der Waals surface area (Å²) in [7, 11) is 1.49. The van der Waals surface area contributed by atoms with Gasteiger partial charge in [-0.15, -0.1) is 0 Å². The smallest absolute Gasteiger partial charge is 0.303 e. The Bertz CT molecular complexity index is 327. The van der Waals surface area contributed by atoms with E-state index in [1.54, 1.807) is 12.3 Å². The minimum Gasteiger partial charge on any atom is -0.493 e. The van der Waals surface area contributed by atoms with Gasteiger partial charge in [-0.25, -0.2) is 4.98 Å².